The van der Waals surface area contributed by atoms with Gasteiger partial charge in [0.2, 0.25) is 0 Å². The van der Waals surface area contributed by atoms with Crippen molar-refractivity contribution in [1.82, 2.24) is 9.72 Å². The molecule has 4 nitrogen and oxygen atoms in total. The van der Waals surface area contributed by atoms with E-state index in [1.165, 1.54) is 6.07 Å². The van der Waals surface area contributed by atoms with Gasteiger partial charge in [-0.3, -0.25) is 0 Å². The van der Waals surface area contributed by atoms with Crippen molar-refractivity contribution in [2.24, 2.45) is 0 Å². The smallest absolute Gasteiger partial charge is 0.359 e. The van der Waals surface area contributed by atoms with Gasteiger partial charge in [0.1, 0.15) is 5.69 Å². The number of alkyl halides is 3. The van der Waals surface area contributed by atoms with Crippen LogP contribution in [0.15, 0.2) is 59.1 Å². The summed E-state index contributed by atoms with van der Waals surface area (Å²) in [6.07, 6.45) is -3.22. The van der Waals surface area contributed by atoms with E-state index < -0.39 is 11.7 Å². The second kappa shape index (κ2) is 7.71. The molecule has 0 saturated heterocycles. The van der Waals surface area contributed by atoms with E-state index in [1.54, 1.807) is 18.2 Å². The van der Waals surface area contributed by atoms with Crippen LogP contribution in [0.5, 0.6) is 0 Å². The molecule has 2 aromatic carbocycles. The van der Waals surface area contributed by atoms with Crippen LogP contribution in [0.4, 0.5) is 18.9 Å². The zero-order valence-corrected chi connectivity index (χ0v) is 16.2. The van der Waals surface area contributed by atoms with E-state index in [0.717, 1.165) is 17.7 Å². The summed E-state index contributed by atoms with van der Waals surface area (Å²) in [6.45, 7) is 9.37. The number of aromatic nitrogens is 2. The quantitative estimate of drug-likeness (QED) is 0.337. The Balaban J connectivity index is 1.82. The third-order valence-corrected chi connectivity index (χ3v) is 5.00. The Kier molecular flexibility index (Phi) is 5.08. The van der Waals surface area contributed by atoms with Crippen molar-refractivity contribution in [3.05, 3.63) is 83.0 Å². The third-order valence-electron chi connectivity index (χ3n) is 5.00. The van der Waals surface area contributed by atoms with Crippen LogP contribution in [0, 0.1) is 6.57 Å². The Labute approximate surface area is 171 Å². The molecular formula is C23H18F3N3O. The summed E-state index contributed by atoms with van der Waals surface area (Å²) in [6, 6.07) is 15.7. The summed E-state index contributed by atoms with van der Waals surface area (Å²) in [5.41, 5.74) is 1.49. The highest BCUT2D eigenvalue weighted by Gasteiger charge is 2.36. The van der Waals surface area contributed by atoms with Gasteiger partial charge in [-0.1, -0.05) is 54.9 Å². The van der Waals surface area contributed by atoms with E-state index in [1.807, 2.05) is 41.8 Å². The van der Waals surface area contributed by atoms with E-state index >= 15 is 0 Å². The second-order valence-electron chi connectivity index (χ2n) is 7.02. The zero-order chi connectivity index (χ0) is 21.3. The molecule has 2 heterocycles. The van der Waals surface area contributed by atoms with Crippen LogP contribution < -0.4 is 0 Å². The number of rotatable bonds is 5. The Morgan fingerprint density at radius 2 is 1.87 bits per heavy atom. The average Bonchev–Trinajstić information content (AvgIpc) is 3.33. The molecule has 0 amide bonds. The topological polar surface area (TPSA) is 35.3 Å². The summed E-state index contributed by atoms with van der Waals surface area (Å²) in [5, 5.41) is 4.14. The lowest BCUT2D eigenvalue weighted by molar-refractivity contribution is -0.135. The standard InChI is InChI=1S/C23H18F3N3O/c1-3-7-16-12-18-21(11-10-19(27-2)22(18)23(24,25)26)29(16)14-17-13-20(28-30-17)15-8-5-4-6-9-15/h4-6,8-13H,3,7,14H2,1H3. The Morgan fingerprint density at radius 3 is 2.53 bits per heavy atom. The molecule has 152 valence electrons. The first-order valence-corrected chi connectivity index (χ1v) is 9.53. The molecule has 0 N–H and O–H groups in total. The van der Waals surface area contributed by atoms with Crippen LogP contribution in [-0.4, -0.2) is 9.72 Å². The maximum absolute atomic E-state index is 13.7. The van der Waals surface area contributed by atoms with E-state index in [9.17, 15) is 13.2 Å². The number of hydrogen-bond donors (Lipinski definition) is 0. The molecule has 0 unspecified atom stereocenters. The summed E-state index contributed by atoms with van der Waals surface area (Å²) in [4.78, 5) is 3.09. The number of nitrogens with zero attached hydrogens (tertiary/aromatic N) is 3. The summed E-state index contributed by atoms with van der Waals surface area (Å²) < 4.78 is 48.5. The lowest BCUT2D eigenvalue weighted by atomic mass is 10.1. The van der Waals surface area contributed by atoms with Crippen molar-refractivity contribution >= 4 is 16.6 Å². The van der Waals surface area contributed by atoms with Gasteiger partial charge in [0.05, 0.1) is 18.7 Å². The molecule has 7 heteroatoms. The summed E-state index contributed by atoms with van der Waals surface area (Å²) in [7, 11) is 0. The lowest BCUT2D eigenvalue weighted by Gasteiger charge is -2.12. The molecule has 4 aromatic rings. The van der Waals surface area contributed by atoms with Gasteiger partial charge >= 0.3 is 6.18 Å². The SMILES string of the molecule is [C-]#[N+]c1ccc2c(cc(CCC)n2Cc2cc(-c3ccccc3)no2)c1C(F)(F)F. The zero-order valence-electron chi connectivity index (χ0n) is 16.2. The average molecular weight is 409 g/mol. The fourth-order valence-corrected chi connectivity index (χ4v) is 3.71. The largest absolute Gasteiger partial charge is 0.408 e. The van der Waals surface area contributed by atoms with Crippen LogP contribution in [0.25, 0.3) is 27.0 Å². The highest BCUT2D eigenvalue weighted by molar-refractivity contribution is 5.90. The van der Waals surface area contributed by atoms with Gasteiger partial charge in [-0.15, -0.1) is 0 Å². The maximum atomic E-state index is 13.7. The normalized spacial score (nSPS) is 11.7. The number of aryl methyl sites for hydroxylation is 1. The summed E-state index contributed by atoms with van der Waals surface area (Å²) >= 11 is 0. The van der Waals surface area contributed by atoms with Crippen LogP contribution in [0.3, 0.4) is 0 Å². The van der Waals surface area contributed by atoms with Crippen molar-refractivity contribution in [2.75, 3.05) is 0 Å². The fourth-order valence-electron chi connectivity index (χ4n) is 3.71. The molecule has 4 rings (SSSR count). The first-order valence-electron chi connectivity index (χ1n) is 9.53. The minimum atomic E-state index is -4.61. The number of benzene rings is 2. The van der Waals surface area contributed by atoms with E-state index in [4.69, 9.17) is 11.1 Å². The number of halogens is 3. The van der Waals surface area contributed by atoms with Gasteiger partial charge in [0.15, 0.2) is 11.4 Å². The fraction of sp³-hybridized carbons (Fsp3) is 0.217. The van der Waals surface area contributed by atoms with Crippen LogP contribution >= 0.6 is 0 Å². The highest BCUT2D eigenvalue weighted by atomic mass is 19.4. The van der Waals surface area contributed by atoms with Crippen molar-refractivity contribution in [3.63, 3.8) is 0 Å². The predicted octanol–water partition coefficient (Wildman–Crippen LogP) is 6.87. The third kappa shape index (κ3) is 3.57. The second-order valence-corrected chi connectivity index (χ2v) is 7.02. The molecule has 0 atom stereocenters. The molecule has 0 aliphatic rings. The van der Waals surface area contributed by atoms with Gasteiger partial charge in [-0.2, -0.15) is 13.2 Å². The van der Waals surface area contributed by atoms with Crippen molar-refractivity contribution < 1.29 is 17.7 Å². The van der Waals surface area contributed by atoms with Gasteiger partial charge < -0.3 is 9.09 Å². The maximum Gasteiger partial charge on any atom is 0.408 e. The van der Waals surface area contributed by atoms with Crippen LogP contribution in [0.2, 0.25) is 0 Å². The monoisotopic (exact) mass is 409 g/mol. The Bertz CT molecular complexity index is 1230. The Morgan fingerprint density at radius 1 is 1.10 bits per heavy atom. The molecule has 0 radical (unpaired) electrons. The van der Waals surface area contributed by atoms with Gasteiger partial charge in [0.25, 0.3) is 0 Å². The molecule has 0 aliphatic carbocycles. The van der Waals surface area contributed by atoms with Gasteiger partial charge in [0, 0.05) is 28.2 Å². The van der Waals surface area contributed by atoms with Crippen molar-refractivity contribution in [2.45, 2.75) is 32.5 Å². The molecule has 30 heavy (non-hydrogen) atoms. The van der Waals surface area contributed by atoms with Crippen molar-refractivity contribution in [3.8, 4) is 11.3 Å². The number of hydrogen-bond acceptors (Lipinski definition) is 2. The highest BCUT2D eigenvalue weighted by Crippen LogP contribution is 2.42. The molecule has 0 aliphatic heterocycles. The van der Waals surface area contributed by atoms with E-state index in [-0.39, 0.29) is 17.6 Å². The van der Waals surface area contributed by atoms with E-state index in [0.29, 0.717) is 23.4 Å². The van der Waals surface area contributed by atoms with E-state index in [2.05, 4.69) is 10.0 Å². The Hall–Kier alpha value is -3.53. The number of fused-ring (bicyclic) bond motifs is 1. The lowest BCUT2D eigenvalue weighted by Crippen LogP contribution is -2.06. The molecule has 0 saturated carbocycles. The molecular weight excluding hydrogens is 391 g/mol. The van der Waals surface area contributed by atoms with Crippen LogP contribution in [0.1, 0.15) is 30.4 Å². The molecule has 0 bridgehead atoms. The molecule has 0 fully saturated rings. The molecule has 2 aromatic heterocycles. The van der Waals surface area contributed by atoms with Crippen LogP contribution in [-0.2, 0) is 19.1 Å². The van der Waals surface area contributed by atoms with Gasteiger partial charge in [-0.25, -0.2) is 4.85 Å². The first-order chi connectivity index (χ1) is 14.4. The minimum absolute atomic E-state index is 0.0437. The minimum Gasteiger partial charge on any atom is -0.359 e. The predicted molar refractivity (Wildman–Crippen MR) is 108 cm³/mol. The summed E-state index contributed by atoms with van der Waals surface area (Å²) in [5.74, 6) is 0.548. The van der Waals surface area contributed by atoms with Gasteiger partial charge in [-0.05, 0) is 18.6 Å². The molecule has 0 spiro atoms. The first kappa shape index (κ1) is 19.8. The van der Waals surface area contributed by atoms with Crippen molar-refractivity contribution in [1.29, 1.82) is 0 Å².